The summed E-state index contributed by atoms with van der Waals surface area (Å²) in [5.74, 6) is 0. The van der Waals surface area contributed by atoms with E-state index in [2.05, 4.69) is 10.3 Å². The van der Waals surface area contributed by atoms with E-state index in [4.69, 9.17) is 0 Å². The Morgan fingerprint density at radius 1 is 1.43 bits per heavy atom. The summed E-state index contributed by atoms with van der Waals surface area (Å²) in [4.78, 5) is 0. The molecule has 0 saturated heterocycles. The summed E-state index contributed by atoms with van der Waals surface area (Å²) in [6.07, 6.45) is 6.84. The number of hydrogen-bond donors (Lipinski definition) is 1. The fourth-order valence-electron chi connectivity index (χ4n) is 2.24. The SMILES string of the molecule is CCn1nncc1C1(O)CCCCC1. The van der Waals surface area contributed by atoms with Gasteiger partial charge in [0, 0.05) is 6.54 Å². The maximum atomic E-state index is 10.4. The Morgan fingerprint density at radius 3 is 2.79 bits per heavy atom. The van der Waals surface area contributed by atoms with Crippen LogP contribution < -0.4 is 0 Å². The van der Waals surface area contributed by atoms with Crippen molar-refractivity contribution in [1.29, 1.82) is 0 Å². The van der Waals surface area contributed by atoms with Crippen LogP contribution in [0.2, 0.25) is 0 Å². The second kappa shape index (κ2) is 3.69. The minimum atomic E-state index is -0.669. The minimum Gasteiger partial charge on any atom is -0.384 e. The Labute approximate surface area is 83.9 Å². The van der Waals surface area contributed by atoms with E-state index in [1.54, 1.807) is 10.9 Å². The molecular formula is C10H17N3O. The third kappa shape index (κ3) is 1.54. The minimum absolute atomic E-state index is 0.669. The van der Waals surface area contributed by atoms with Crippen LogP contribution in [0.5, 0.6) is 0 Å². The second-order valence-electron chi connectivity index (χ2n) is 4.03. The van der Waals surface area contributed by atoms with Gasteiger partial charge in [0.05, 0.1) is 11.9 Å². The third-order valence-electron chi connectivity index (χ3n) is 3.07. The molecule has 4 heteroatoms. The molecule has 0 radical (unpaired) electrons. The number of rotatable bonds is 2. The molecule has 1 fully saturated rings. The molecule has 1 aromatic heterocycles. The van der Waals surface area contributed by atoms with Crippen LogP contribution in [0.4, 0.5) is 0 Å². The van der Waals surface area contributed by atoms with E-state index in [9.17, 15) is 5.11 Å². The van der Waals surface area contributed by atoms with Crippen LogP contribution in [0.3, 0.4) is 0 Å². The predicted octanol–water partition coefficient (Wildman–Crippen LogP) is 1.45. The van der Waals surface area contributed by atoms with Crippen LogP contribution in [0.1, 0.15) is 44.7 Å². The van der Waals surface area contributed by atoms with Crippen molar-refractivity contribution in [3.63, 3.8) is 0 Å². The molecule has 1 aliphatic carbocycles. The van der Waals surface area contributed by atoms with Gasteiger partial charge in [-0.1, -0.05) is 24.5 Å². The van der Waals surface area contributed by atoms with Gasteiger partial charge in [-0.05, 0) is 19.8 Å². The molecule has 0 bridgehead atoms. The molecule has 0 atom stereocenters. The maximum absolute atomic E-state index is 10.4. The third-order valence-corrected chi connectivity index (χ3v) is 3.07. The molecule has 1 aromatic rings. The molecule has 2 rings (SSSR count). The number of nitrogens with zero attached hydrogens (tertiary/aromatic N) is 3. The van der Waals surface area contributed by atoms with Gasteiger partial charge in [0.15, 0.2) is 0 Å². The lowest BCUT2D eigenvalue weighted by Gasteiger charge is -2.31. The second-order valence-corrected chi connectivity index (χ2v) is 4.03. The highest BCUT2D eigenvalue weighted by atomic mass is 16.3. The predicted molar refractivity (Wildman–Crippen MR) is 52.7 cm³/mol. The summed E-state index contributed by atoms with van der Waals surface area (Å²) in [6, 6.07) is 0. The molecular weight excluding hydrogens is 178 g/mol. The average Bonchev–Trinajstić information content (AvgIpc) is 2.67. The van der Waals surface area contributed by atoms with Gasteiger partial charge in [0.1, 0.15) is 5.60 Å². The van der Waals surface area contributed by atoms with Crippen LogP contribution in [-0.4, -0.2) is 20.1 Å². The maximum Gasteiger partial charge on any atom is 0.108 e. The molecule has 0 unspecified atom stereocenters. The Bertz CT molecular complexity index is 302. The van der Waals surface area contributed by atoms with Crippen molar-refractivity contribution in [1.82, 2.24) is 15.0 Å². The van der Waals surface area contributed by atoms with Gasteiger partial charge in [-0.2, -0.15) is 0 Å². The molecule has 1 N–H and O–H groups in total. The summed E-state index contributed by atoms with van der Waals surface area (Å²) >= 11 is 0. The summed E-state index contributed by atoms with van der Waals surface area (Å²) in [7, 11) is 0. The Balaban J connectivity index is 2.27. The van der Waals surface area contributed by atoms with E-state index in [-0.39, 0.29) is 0 Å². The quantitative estimate of drug-likeness (QED) is 0.777. The van der Waals surface area contributed by atoms with Crippen molar-refractivity contribution in [3.8, 4) is 0 Å². The Kier molecular flexibility index (Phi) is 2.54. The monoisotopic (exact) mass is 195 g/mol. The fraction of sp³-hybridized carbons (Fsp3) is 0.800. The molecule has 1 saturated carbocycles. The molecule has 1 aliphatic rings. The highest BCUT2D eigenvalue weighted by Crippen LogP contribution is 2.36. The van der Waals surface area contributed by atoms with Gasteiger partial charge >= 0.3 is 0 Å². The van der Waals surface area contributed by atoms with E-state index in [0.29, 0.717) is 0 Å². The molecule has 0 aliphatic heterocycles. The molecule has 14 heavy (non-hydrogen) atoms. The first-order valence-corrected chi connectivity index (χ1v) is 5.37. The van der Waals surface area contributed by atoms with Gasteiger partial charge in [-0.25, -0.2) is 4.68 Å². The topological polar surface area (TPSA) is 50.9 Å². The zero-order valence-electron chi connectivity index (χ0n) is 8.61. The van der Waals surface area contributed by atoms with Crippen LogP contribution in [0.25, 0.3) is 0 Å². The molecule has 0 amide bonds. The zero-order valence-corrected chi connectivity index (χ0v) is 8.61. The first kappa shape index (κ1) is 9.65. The van der Waals surface area contributed by atoms with Gasteiger partial charge in [0.25, 0.3) is 0 Å². The van der Waals surface area contributed by atoms with Crippen LogP contribution >= 0.6 is 0 Å². The summed E-state index contributed by atoms with van der Waals surface area (Å²) in [5, 5.41) is 18.3. The Morgan fingerprint density at radius 2 is 2.14 bits per heavy atom. The first-order valence-electron chi connectivity index (χ1n) is 5.37. The van der Waals surface area contributed by atoms with E-state index in [1.807, 2.05) is 6.92 Å². The summed E-state index contributed by atoms with van der Waals surface area (Å²) in [5.41, 5.74) is 0.220. The number of aliphatic hydroxyl groups is 1. The number of aryl methyl sites for hydroxylation is 1. The van der Waals surface area contributed by atoms with Crippen molar-refractivity contribution >= 4 is 0 Å². The van der Waals surface area contributed by atoms with E-state index >= 15 is 0 Å². The lowest BCUT2D eigenvalue weighted by molar-refractivity contribution is -0.00864. The van der Waals surface area contributed by atoms with E-state index in [0.717, 1.165) is 37.9 Å². The molecule has 4 nitrogen and oxygen atoms in total. The van der Waals surface area contributed by atoms with Gasteiger partial charge in [0.2, 0.25) is 0 Å². The van der Waals surface area contributed by atoms with Gasteiger partial charge in [-0.3, -0.25) is 0 Å². The molecule has 78 valence electrons. The highest BCUT2D eigenvalue weighted by molar-refractivity contribution is 5.09. The molecule has 1 heterocycles. The van der Waals surface area contributed by atoms with Crippen molar-refractivity contribution in [3.05, 3.63) is 11.9 Å². The molecule has 0 spiro atoms. The van der Waals surface area contributed by atoms with Crippen LogP contribution in [-0.2, 0) is 12.1 Å². The van der Waals surface area contributed by atoms with E-state index in [1.165, 1.54) is 6.42 Å². The summed E-state index contributed by atoms with van der Waals surface area (Å²) in [6.45, 7) is 2.79. The van der Waals surface area contributed by atoms with Gasteiger partial charge in [-0.15, -0.1) is 5.10 Å². The standard InChI is InChI=1S/C10H17N3O/c1-2-13-9(8-11-12-13)10(14)6-4-3-5-7-10/h8,14H,2-7H2,1H3. The van der Waals surface area contributed by atoms with Crippen molar-refractivity contribution < 1.29 is 5.11 Å². The number of aromatic nitrogens is 3. The van der Waals surface area contributed by atoms with Crippen LogP contribution in [0.15, 0.2) is 6.20 Å². The smallest absolute Gasteiger partial charge is 0.108 e. The van der Waals surface area contributed by atoms with Gasteiger partial charge < -0.3 is 5.11 Å². The molecule has 0 aromatic carbocycles. The zero-order chi connectivity index (χ0) is 10.0. The fourth-order valence-corrected chi connectivity index (χ4v) is 2.24. The normalized spacial score (nSPS) is 21.0. The lowest BCUT2D eigenvalue weighted by atomic mass is 9.82. The average molecular weight is 195 g/mol. The Hall–Kier alpha value is -0.900. The van der Waals surface area contributed by atoms with Crippen molar-refractivity contribution in [2.24, 2.45) is 0 Å². The lowest BCUT2D eigenvalue weighted by Crippen LogP contribution is -2.31. The summed E-state index contributed by atoms with van der Waals surface area (Å²) < 4.78 is 1.80. The van der Waals surface area contributed by atoms with Crippen molar-refractivity contribution in [2.45, 2.75) is 51.2 Å². The van der Waals surface area contributed by atoms with E-state index < -0.39 is 5.60 Å². The first-order chi connectivity index (χ1) is 6.76. The highest BCUT2D eigenvalue weighted by Gasteiger charge is 2.34. The van der Waals surface area contributed by atoms with Crippen molar-refractivity contribution in [2.75, 3.05) is 0 Å². The largest absolute Gasteiger partial charge is 0.384 e. The van der Waals surface area contributed by atoms with Crippen LogP contribution in [0, 0.1) is 0 Å². The number of hydrogen-bond acceptors (Lipinski definition) is 3.